The predicted molar refractivity (Wildman–Crippen MR) is 152 cm³/mol. The van der Waals surface area contributed by atoms with Crippen LogP contribution < -0.4 is 10.3 Å². The van der Waals surface area contributed by atoms with Crippen LogP contribution in [0.3, 0.4) is 0 Å². The summed E-state index contributed by atoms with van der Waals surface area (Å²) in [6.45, 7) is 4.04. The monoisotopic (exact) mass is 717 g/mol. The molecule has 4 rings (SSSR count). The third kappa shape index (κ3) is 5.74. The molecule has 0 aliphatic carbocycles. The summed E-state index contributed by atoms with van der Waals surface area (Å²) in [6, 6.07) is 15.1. The second-order valence-corrected chi connectivity index (χ2v) is 10.4. The Balaban J connectivity index is 1.85. The van der Waals surface area contributed by atoms with Gasteiger partial charge in [-0.1, -0.05) is 31.2 Å². The van der Waals surface area contributed by atoms with Gasteiger partial charge in [0.2, 0.25) is 0 Å². The van der Waals surface area contributed by atoms with Gasteiger partial charge in [-0.3, -0.25) is 4.79 Å². The van der Waals surface area contributed by atoms with Crippen molar-refractivity contribution >= 4 is 62.3 Å². The summed E-state index contributed by atoms with van der Waals surface area (Å²) in [5.74, 6) is 0.791. The molecule has 0 bridgehead atoms. The van der Waals surface area contributed by atoms with Crippen molar-refractivity contribution in [1.82, 2.24) is 9.66 Å². The van der Waals surface area contributed by atoms with E-state index < -0.39 is 17.3 Å². The fraction of sp³-hybridized carbons (Fsp3) is 0.192. The Morgan fingerprint density at radius 1 is 1.08 bits per heavy atom. The van der Waals surface area contributed by atoms with Crippen molar-refractivity contribution in [1.29, 1.82) is 0 Å². The van der Waals surface area contributed by atoms with E-state index in [1.54, 1.807) is 24.3 Å². The van der Waals surface area contributed by atoms with E-state index in [1.807, 2.05) is 26.0 Å². The van der Waals surface area contributed by atoms with Crippen LogP contribution in [0.1, 0.15) is 31.4 Å². The lowest BCUT2D eigenvalue weighted by atomic mass is 10.1. The van der Waals surface area contributed by atoms with E-state index in [4.69, 9.17) is 4.74 Å². The summed E-state index contributed by atoms with van der Waals surface area (Å²) in [6.07, 6.45) is -2.12. The van der Waals surface area contributed by atoms with Gasteiger partial charge in [0, 0.05) is 5.56 Å². The number of rotatable bonds is 6. The molecule has 1 aromatic heterocycles. The van der Waals surface area contributed by atoms with Crippen LogP contribution >= 0.6 is 45.2 Å². The van der Waals surface area contributed by atoms with Gasteiger partial charge < -0.3 is 4.74 Å². The van der Waals surface area contributed by atoms with Crippen LogP contribution in [0.25, 0.3) is 22.3 Å². The topological polar surface area (TPSA) is 56.5 Å². The largest absolute Gasteiger partial charge is 0.489 e. The van der Waals surface area contributed by atoms with Crippen LogP contribution in [-0.2, 0) is 6.18 Å². The van der Waals surface area contributed by atoms with Gasteiger partial charge >= 0.3 is 6.18 Å². The van der Waals surface area contributed by atoms with Crippen molar-refractivity contribution in [3.05, 3.63) is 89.3 Å². The average Bonchev–Trinajstić information content (AvgIpc) is 2.85. The van der Waals surface area contributed by atoms with E-state index in [-0.39, 0.29) is 17.5 Å². The minimum Gasteiger partial charge on any atom is -0.489 e. The zero-order valence-electron chi connectivity index (χ0n) is 19.2. The number of benzene rings is 3. The van der Waals surface area contributed by atoms with Crippen molar-refractivity contribution in [2.75, 3.05) is 0 Å². The minimum absolute atomic E-state index is 0.0159. The first-order valence-corrected chi connectivity index (χ1v) is 13.1. The van der Waals surface area contributed by atoms with Gasteiger partial charge in [-0.15, -0.1) is 0 Å². The van der Waals surface area contributed by atoms with Gasteiger partial charge in [-0.05, 0) is 100 Å². The molecule has 0 saturated heterocycles. The Hall–Kier alpha value is -2.48. The zero-order chi connectivity index (χ0) is 26.0. The molecule has 0 radical (unpaired) electrons. The first-order chi connectivity index (χ1) is 17.1. The predicted octanol–water partition coefficient (Wildman–Crippen LogP) is 7.35. The molecule has 0 fully saturated rings. The maximum atomic E-state index is 13.4. The molecule has 0 amide bonds. The third-order valence-corrected chi connectivity index (χ3v) is 7.04. The molecule has 1 atom stereocenters. The van der Waals surface area contributed by atoms with Crippen LogP contribution in [0.4, 0.5) is 13.2 Å². The molecular formula is C26H20F3I2N3O2. The molecule has 0 spiro atoms. The maximum Gasteiger partial charge on any atom is 0.416 e. The van der Waals surface area contributed by atoms with E-state index in [2.05, 4.69) is 55.3 Å². The van der Waals surface area contributed by atoms with Gasteiger partial charge in [-0.25, -0.2) is 4.98 Å². The lowest BCUT2D eigenvalue weighted by Crippen LogP contribution is -2.20. The zero-order valence-corrected chi connectivity index (χ0v) is 23.5. The Morgan fingerprint density at radius 2 is 1.78 bits per heavy atom. The number of ether oxygens (including phenoxy) is 1. The Kier molecular flexibility index (Phi) is 8.03. The lowest BCUT2D eigenvalue weighted by molar-refractivity contribution is -0.137. The van der Waals surface area contributed by atoms with Crippen molar-refractivity contribution in [3.63, 3.8) is 0 Å². The van der Waals surface area contributed by atoms with Crippen molar-refractivity contribution in [3.8, 4) is 17.1 Å². The van der Waals surface area contributed by atoms with Gasteiger partial charge in [0.05, 0.1) is 35.9 Å². The lowest BCUT2D eigenvalue weighted by Gasteiger charge is -2.16. The van der Waals surface area contributed by atoms with Crippen LogP contribution in [0.5, 0.6) is 5.75 Å². The number of hydrogen-bond acceptors (Lipinski definition) is 4. The molecule has 186 valence electrons. The molecular weight excluding hydrogens is 697 g/mol. The second-order valence-electron chi connectivity index (χ2n) is 8.04. The molecule has 0 unspecified atom stereocenters. The Morgan fingerprint density at radius 3 is 2.44 bits per heavy atom. The van der Waals surface area contributed by atoms with Crippen molar-refractivity contribution < 1.29 is 17.9 Å². The first-order valence-electron chi connectivity index (χ1n) is 11.0. The van der Waals surface area contributed by atoms with E-state index in [0.29, 0.717) is 16.5 Å². The third-order valence-electron chi connectivity index (χ3n) is 5.44. The van der Waals surface area contributed by atoms with Crippen LogP contribution in [0.2, 0.25) is 0 Å². The molecule has 10 heteroatoms. The highest BCUT2D eigenvalue weighted by Crippen LogP contribution is 2.32. The molecule has 36 heavy (non-hydrogen) atoms. The Labute approximate surface area is 232 Å². The van der Waals surface area contributed by atoms with Crippen LogP contribution in [0, 0.1) is 7.14 Å². The minimum atomic E-state index is -4.53. The van der Waals surface area contributed by atoms with Gasteiger partial charge in [0.1, 0.15) is 5.75 Å². The molecule has 1 heterocycles. The highest BCUT2D eigenvalue weighted by atomic mass is 127. The highest BCUT2D eigenvalue weighted by molar-refractivity contribution is 14.1. The second kappa shape index (κ2) is 10.9. The fourth-order valence-corrected chi connectivity index (χ4v) is 5.50. The SMILES string of the molecule is CC[C@@H](C)Oc1c(I)cc(C=Nn2c(-c3cccc(C(F)(F)F)c3)nc3ccccc3c2=O)cc1I. The normalized spacial score (nSPS) is 12.9. The number of nitrogens with zero attached hydrogens (tertiary/aromatic N) is 3. The average molecular weight is 717 g/mol. The summed E-state index contributed by atoms with van der Waals surface area (Å²) in [4.78, 5) is 17.8. The quantitative estimate of drug-likeness (QED) is 0.155. The van der Waals surface area contributed by atoms with E-state index in [0.717, 1.165) is 36.1 Å². The van der Waals surface area contributed by atoms with Crippen molar-refractivity contribution in [2.45, 2.75) is 32.5 Å². The highest BCUT2D eigenvalue weighted by Gasteiger charge is 2.31. The molecule has 0 N–H and O–H groups in total. The number of halogens is 5. The molecule has 0 saturated carbocycles. The first kappa shape index (κ1) is 26.6. The summed E-state index contributed by atoms with van der Waals surface area (Å²) < 4.78 is 48.9. The molecule has 0 aliphatic rings. The molecule has 3 aromatic carbocycles. The summed E-state index contributed by atoms with van der Waals surface area (Å²) in [5.41, 5.74) is -0.108. The number of para-hydroxylation sites is 1. The van der Waals surface area contributed by atoms with E-state index in [9.17, 15) is 18.0 Å². The summed E-state index contributed by atoms with van der Waals surface area (Å²) in [7, 11) is 0. The Bertz CT molecular complexity index is 1490. The van der Waals surface area contributed by atoms with Gasteiger partial charge in [0.15, 0.2) is 5.82 Å². The van der Waals surface area contributed by atoms with E-state index >= 15 is 0 Å². The number of hydrogen-bond donors (Lipinski definition) is 0. The number of fused-ring (bicyclic) bond motifs is 1. The standard InChI is InChI=1S/C26H20F3I2N3O2/c1-3-15(2)36-23-20(30)11-16(12-21(23)31)14-32-34-24(17-7-6-8-18(13-17)26(27,28)29)33-22-10-5-4-9-19(22)25(34)35/h4-15H,3H2,1-2H3/t15-/m1/s1. The molecule has 0 aliphatic heterocycles. The summed E-state index contributed by atoms with van der Waals surface area (Å²) in [5, 5.41) is 4.68. The summed E-state index contributed by atoms with van der Waals surface area (Å²) >= 11 is 4.36. The van der Waals surface area contributed by atoms with Gasteiger partial charge in [-0.2, -0.15) is 22.9 Å². The molecule has 4 aromatic rings. The van der Waals surface area contributed by atoms with Crippen molar-refractivity contribution in [2.24, 2.45) is 5.10 Å². The fourth-order valence-electron chi connectivity index (χ4n) is 3.43. The smallest absolute Gasteiger partial charge is 0.416 e. The maximum absolute atomic E-state index is 13.4. The molecule has 5 nitrogen and oxygen atoms in total. The van der Waals surface area contributed by atoms with Crippen LogP contribution in [0.15, 0.2) is 70.6 Å². The van der Waals surface area contributed by atoms with Gasteiger partial charge in [0.25, 0.3) is 5.56 Å². The number of aromatic nitrogens is 2. The van der Waals surface area contributed by atoms with Crippen LogP contribution in [-0.4, -0.2) is 22.0 Å². The number of alkyl halides is 3. The van der Waals surface area contributed by atoms with E-state index in [1.165, 1.54) is 18.3 Å².